The highest BCUT2D eigenvalue weighted by Crippen LogP contribution is 2.34. The summed E-state index contributed by atoms with van der Waals surface area (Å²) in [6.07, 6.45) is 3.33. The van der Waals surface area contributed by atoms with E-state index in [1.807, 2.05) is 0 Å². The Balaban J connectivity index is 2.16. The van der Waals surface area contributed by atoms with Gasteiger partial charge in [0.05, 0.1) is 0 Å². The molecule has 0 spiro atoms. The Bertz CT molecular complexity index is 711. The topological polar surface area (TPSA) is 0 Å². The third-order valence-corrected chi connectivity index (χ3v) is 3.69. The zero-order valence-corrected chi connectivity index (χ0v) is 12.3. The molecule has 0 nitrogen and oxygen atoms in total. The molecule has 0 aliphatic rings. The first-order chi connectivity index (χ1) is 10.4. The third kappa shape index (κ3) is 2.90. The second-order valence-electron chi connectivity index (χ2n) is 5.11. The predicted molar refractivity (Wildman–Crippen MR) is 91.0 cm³/mol. The van der Waals surface area contributed by atoms with Crippen LogP contribution in [0.3, 0.4) is 0 Å². The molecule has 0 saturated heterocycles. The van der Waals surface area contributed by atoms with Crippen LogP contribution in [0.15, 0.2) is 78.9 Å². The van der Waals surface area contributed by atoms with E-state index in [0.29, 0.717) is 0 Å². The van der Waals surface area contributed by atoms with Crippen LogP contribution in [-0.4, -0.2) is 0 Å². The summed E-state index contributed by atoms with van der Waals surface area (Å²) in [7, 11) is 0. The van der Waals surface area contributed by atoms with Gasteiger partial charge in [0.15, 0.2) is 0 Å². The second kappa shape index (κ2) is 6.41. The highest BCUT2D eigenvalue weighted by atomic mass is 14.1. The molecule has 0 aliphatic heterocycles. The molecule has 0 bridgehead atoms. The lowest BCUT2D eigenvalue weighted by molar-refractivity contribution is 1.12. The number of hydrogen-bond acceptors (Lipinski definition) is 0. The van der Waals surface area contributed by atoms with Gasteiger partial charge in [-0.25, -0.2) is 0 Å². The van der Waals surface area contributed by atoms with Crippen LogP contribution in [0.5, 0.6) is 0 Å². The molecule has 3 aromatic carbocycles. The molecule has 0 saturated carbocycles. The maximum absolute atomic E-state index is 2.29. The van der Waals surface area contributed by atoms with Gasteiger partial charge >= 0.3 is 0 Å². The maximum Gasteiger partial charge on any atom is -0.00894 e. The summed E-state index contributed by atoms with van der Waals surface area (Å²) >= 11 is 0. The van der Waals surface area contributed by atoms with Crippen molar-refractivity contribution in [2.45, 2.75) is 13.3 Å². The lowest BCUT2D eigenvalue weighted by Gasteiger charge is -2.13. The quantitative estimate of drug-likeness (QED) is 0.547. The van der Waals surface area contributed by atoms with E-state index < -0.39 is 0 Å². The molecule has 21 heavy (non-hydrogen) atoms. The molecule has 0 unspecified atom stereocenters. The average molecular weight is 271 g/mol. The summed E-state index contributed by atoms with van der Waals surface area (Å²) in [5, 5.41) is 0. The van der Waals surface area contributed by atoms with Gasteiger partial charge in [-0.3, -0.25) is 0 Å². The average Bonchev–Trinajstić information content (AvgIpc) is 2.57. The van der Waals surface area contributed by atoms with Crippen molar-refractivity contribution >= 4 is 0 Å². The van der Waals surface area contributed by atoms with Gasteiger partial charge in [0.1, 0.15) is 0 Å². The van der Waals surface area contributed by atoms with Gasteiger partial charge in [0, 0.05) is 0 Å². The molecular formula is C21H19. The first-order valence-corrected chi connectivity index (χ1v) is 7.47. The lowest BCUT2D eigenvalue weighted by Crippen LogP contribution is -1.90. The van der Waals surface area contributed by atoms with Crippen LogP contribution in [0, 0.1) is 6.42 Å². The van der Waals surface area contributed by atoms with E-state index in [4.69, 9.17) is 0 Å². The van der Waals surface area contributed by atoms with Crippen molar-refractivity contribution in [1.82, 2.24) is 0 Å². The van der Waals surface area contributed by atoms with Gasteiger partial charge < -0.3 is 0 Å². The smallest absolute Gasteiger partial charge is 0.00894 e. The van der Waals surface area contributed by atoms with Gasteiger partial charge in [-0.2, -0.15) is 0 Å². The van der Waals surface area contributed by atoms with Crippen LogP contribution in [0.1, 0.15) is 18.9 Å². The van der Waals surface area contributed by atoms with Crippen molar-refractivity contribution in [3.63, 3.8) is 0 Å². The van der Waals surface area contributed by atoms with Gasteiger partial charge in [-0.15, -0.1) is 0 Å². The molecule has 3 rings (SSSR count). The number of rotatable bonds is 4. The fraction of sp³-hybridized carbons (Fsp3) is 0.0952. The van der Waals surface area contributed by atoms with Crippen molar-refractivity contribution in [3.8, 4) is 22.3 Å². The first-order valence-electron chi connectivity index (χ1n) is 7.47. The minimum atomic E-state index is 1.05. The Morgan fingerprint density at radius 2 is 1.19 bits per heavy atom. The number of benzene rings is 3. The fourth-order valence-corrected chi connectivity index (χ4v) is 2.73. The molecule has 0 heteroatoms. The van der Waals surface area contributed by atoms with Crippen LogP contribution in [0.2, 0.25) is 0 Å². The number of hydrogen-bond donors (Lipinski definition) is 0. The Labute approximate surface area is 127 Å². The summed E-state index contributed by atoms with van der Waals surface area (Å²) in [5.41, 5.74) is 6.46. The lowest BCUT2D eigenvalue weighted by atomic mass is 9.90. The summed E-state index contributed by atoms with van der Waals surface area (Å²) in [4.78, 5) is 0. The molecule has 0 aromatic heterocycles. The van der Waals surface area contributed by atoms with E-state index in [2.05, 4.69) is 92.2 Å². The highest BCUT2D eigenvalue weighted by Gasteiger charge is 2.09. The van der Waals surface area contributed by atoms with E-state index in [-0.39, 0.29) is 0 Å². The van der Waals surface area contributed by atoms with Gasteiger partial charge in [0.25, 0.3) is 0 Å². The van der Waals surface area contributed by atoms with Crippen molar-refractivity contribution in [3.05, 3.63) is 90.8 Å². The Morgan fingerprint density at radius 1 is 0.619 bits per heavy atom. The molecule has 0 atom stereocenters. The van der Waals surface area contributed by atoms with Crippen LogP contribution in [0.4, 0.5) is 0 Å². The summed E-state index contributed by atoms with van der Waals surface area (Å²) in [5.74, 6) is 0. The van der Waals surface area contributed by atoms with E-state index in [1.165, 1.54) is 27.8 Å². The molecule has 1 radical (unpaired) electrons. The summed E-state index contributed by atoms with van der Waals surface area (Å²) < 4.78 is 0. The Hall–Kier alpha value is -2.34. The monoisotopic (exact) mass is 271 g/mol. The van der Waals surface area contributed by atoms with E-state index in [1.54, 1.807) is 0 Å². The molecule has 3 aromatic rings. The van der Waals surface area contributed by atoms with E-state index in [0.717, 1.165) is 6.42 Å². The first kappa shape index (κ1) is 13.6. The van der Waals surface area contributed by atoms with E-state index in [9.17, 15) is 0 Å². The highest BCUT2D eigenvalue weighted by molar-refractivity contribution is 5.85. The van der Waals surface area contributed by atoms with Crippen molar-refractivity contribution in [2.75, 3.05) is 0 Å². The van der Waals surface area contributed by atoms with Crippen molar-refractivity contribution in [1.29, 1.82) is 0 Å². The van der Waals surface area contributed by atoms with Crippen molar-refractivity contribution in [2.24, 2.45) is 0 Å². The predicted octanol–water partition coefficient (Wildman–Crippen LogP) is 5.98. The van der Waals surface area contributed by atoms with E-state index >= 15 is 0 Å². The Kier molecular flexibility index (Phi) is 4.16. The van der Waals surface area contributed by atoms with Crippen molar-refractivity contribution < 1.29 is 0 Å². The molecule has 0 fully saturated rings. The van der Waals surface area contributed by atoms with Crippen LogP contribution in [-0.2, 0) is 0 Å². The largest absolute Gasteiger partial charge is 0.0648 e. The molecule has 0 amide bonds. The van der Waals surface area contributed by atoms with Crippen LogP contribution < -0.4 is 0 Å². The van der Waals surface area contributed by atoms with Gasteiger partial charge in [0.2, 0.25) is 0 Å². The molecule has 0 heterocycles. The van der Waals surface area contributed by atoms with Crippen LogP contribution in [0.25, 0.3) is 22.3 Å². The third-order valence-electron chi connectivity index (χ3n) is 3.69. The molecule has 103 valence electrons. The van der Waals surface area contributed by atoms with Gasteiger partial charge in [-0.1, -0.05) is 85.8 Å². The minimum Gasteiger partial charge on any atom is -0.0648 e. The van der Waals surface area contributed by atoms with Crippen LogP contribution >= 0.6 is 0 Å². The zero-order valence-electron chi connectivity index (χ0n) is 12.3. The molecule has 0 N–H and O–H groups in total. The zero-order chi connectivity index (χ0) is 14.5. The van der Waals surface area contributed by atoms with Gasteiger partial charge in [-0.05, 0) is 40.7 Å². The summed E-state index contributed by atoms with van der Waals surface area (Å²) in [6.45, 7) is 2.18. The summed E-state index contributed by atoms with van der Waals surface area (Å²) in [6, 6.07) is 27.9. The minimum absolute atomic E-state index is 1.05. The maximum atomic E-state index is 2.29. The Morgan fingerprint density at radius 3 is 1.90 bits per heavy atom. The SMILES string of the molecule is CC[CH]c1ccccc1-c1ccccc1-c1ccccc1. The molecule has 0 aliphatic carbocycles. The normalized spacial score (nSPS) is 10.5. The molecular weight excluding hydrogens is 252 g/mol. The standard InChI is InChI=1S/C21H19/c1-2-10-17-13-6-7-14-19(17)21-16-9-8-15-20(21)18-11-4-3-5-12-18/h3-16H,2H2,1H3. The fourth-order valence-electron chi connectivity index (χ4n) is 2.73. The second-order valence-corrected chi connectivity index (χ2v) is 5.11.